The Hall–Kier alpha value is -0.430. The van der Waals surface area contributed by atoms with E-state index in [4.69, 9.17) is 0 Å². The molecule has 1 aromatic rings. The number of rotatable bonds is 3. The zero-order valence-corrected chi connectivity index (χ0v) is 13.1. The first-order valence-corrected chi connectivity index (χ1v) is 17.1. The predicted octanol–water partition coefficient (Wildman–Crippen LogP) is 4.28. The number of benzene rings is 1. The maximum absolute atomic E-state index is 2.55. The summed E-state index contributed by atoms with van der Waals surface area (Å²) in [6, 6.07) is 10.9. The van der Waals surface area contributed by atoms with E-state index in [1.807, 2.05) is 0 Å². The molecule has 1 heteroatoms. The molecule has 0 aliphatic heterocycles. The summed E-state index contributed by atoms with van der Waals surface area (Å²) >= 11 is -2.11. The summed E-state index contributed by atoms with van der Waals surface area (Å²) in [5, 5.41) is 0. The molecular formula is C14H18Hf. The predicted molar refractivity (Wildman–Crippen MR) is 63.7 cm³/mol. The van der Waals surface area contributed by atoms with Gasteiger partial charge in [-0.25, -0.2) is 0 Å². The van der Waals surface area contributed by atoms with Gasteiger partial charge in [-0.3, -0.25) is 0 Å². The standard InChI is InChI=1S/C7H7.C5H5.2CH3.Hf/c1-7-5-3-2-4-6-7;1-2-4-5-3-1;;;/h2-6H,1H2;1-3H,4H2;2*1H3;. The second-order valence-corrected chi connectivity index (χ2v) is 22.0. The molecule has 0 aromatic heterocycles. The first-order valence-electron chi connectivity index (χ1n) is 5.58. The Morgan fingerprint density at radius 2 is 1.87 bits per heavy atom. The summed E-state index contributed by atoms with van der Waals surface area (Å²) in [7, 11) is 0. The summed E-state index contributed by atoms with van der Waals surface area (Å²) in [5.41, 5.74) is 1.52. The molecule has 2 rings (SSSR count). The van der Waals surface area contributed by atoms with Crippen LogP contribution in [0, 0.1) is 0 Å². The van der Waals surface area contributed by atoms with E-state index in [1.54, 1.807) is 3.33 Å². The van der Waals surface area contributed by atoms with Crippen LogP contribution in [0.1, 0.15) is 12.0 Å². The SMILES string of the molecule is [CH3][Hf]([CH3])([CH2]c1ccccc1)[C]1=CC=CC1. The zero-order valence-electron chi connectivity index (χ0n) is 9.53. The van der Waals surface area contributed by atoms with Gasteiger partial charge in [0.2, 0.25) is 0 Å². The van der Waals surface area contributed by atoms with Gasteiger partial charge in [0.15, 0.2) is 0 Å². The second-order valence-electron chi connectivity index (χ2n) is 4.87. The Labute approximate surface area is 97.0 Å². The quantitative estimate of drug-likeness (QED) is 0.702. The molecule has 0 unspecified atom stereocenters. The van der Waals surface area contributed by atoms with E-state index in [9.17, 15) is 0 Å². The fourth-order valence-electron chi connectivity index (χ4n) is 2.17. The third kappa shape index (κ3) is 2.78. The van der Waals surface area contributed by atoms with Gasteiger partial charge in [-0.2, -0.15) is 0 Å². The van der Waals surface area contributed by atoms with Crippen molar-refractivity contribution >= 4 is 0 Å². The monoisotopic (exact) mass is 366 g/mol. The molecule has 0 fully saturated rings. The Bertz CT molecular complexity index is 385. The topological polar surface area (TPSA) is 0 Å². The summed E-state index contributed by atoms with van der Waals surface area (Å²) < 4.78 is 8.23. The van der Waals surface area contributed by atoms with Gasteiger partial charge in [0.25, 0.3) is 0 Å². The van der Waals surface area contributed by atoms with Crippen molar-refractivity contribution in [2.75, 3.05) is 0 Å². The Kier molecular flexibility index (Phi) is 3.40. The molecule has 78 valence electrons. The van der Waals surface area contributed by atoms with Crippen molar-refractivity contribution in [3.63, 3.8) is 0 Å². The van der Waals surface area contributed by atoms with Crippen molar-refractivity contribution in [2.45, 2.75) is 20.0 Å². The van der Waals surface area contributed by atoms with Crippen LogP contribution >= 0.6 is 0 Å². The van der Waals surface area contributed by atoms with Gasteiger partial charge >= 0.3 is 97.4 Å². The molecular weight excluding hydrogens is 347 g/mol. The summed E-state index contributed by atoms with van der Waals surface area (Å²) in [4.78, 5) is 0. The van der Waals surface area contributed by atoms with Crippen LogP contribution in [0.25, 0.3) is 0 Å². The molecule has 0 spiro atoms. The Morgan fingerprint density at radius 3 is 2.47 bits per heavy atom. The molecule has 1 aromatic carbocycles. The van der Waals surface area contributed by atoms with Gasteiger partial charge in [0.1, 0.15) is 0 Å². The molecule has 15 heavy (non-hydrogen) atoms. The van der Waals surface area contributed by atoms with E-state index >= 15 is 0 Å². The van der Waals surface area contributed by atoms with Crippen molar-refractivity contribution in [2.24, 2.45) is 0 Å². The van der Waals surface area contributed by atoms with Crippen molar-refractivity contribution in [3.8, 4) is 0 Å². The normalized spacial score (nSPS) is 15.5. The second kappa shape index (κ2) is 4.61. The van der Waals surface area contributed by atoms with Gasteiger partial charge in [-0.1, -0.05) is 0 Å². The van der Waals surface area contributed by atoms with Crippen LogP contribution in [0.4, 0.5) is 0 Å². The molecule has 0 atom stereocenters. The fourth-order valence-corrected chi connectivity index (χ4v) is 11.9. The third-order valence-corrected chi connectivity index (χ3v) is 15.3. The Balaban J connectivity index is 2.11. The Morgan fingerprint density at radius 1 is 1.13 bits per heavy atom. The molecule has 1 aliphatic rings. The van der Waals surface area contributed by atoms with Crippen LogP contribution < -0.4 is 0 Å². The molecule has 0 radical (unpaired) electrons. The van der Waals surface area contributed by atoms with Gasteiger partial charge in [-0.15, -0.1) is 0 Å². The van der Waals surface area contributed by atoms with E-state index in [-0.39, 0.29) is 0 Å². The molecule has 0 N–H and O–H groups in total. The molecule has 0 saturated carbocycles. The molecule has 0 saturated heterocycles. The van der Waals surface area contributed by atoms with E-state index < -0.39 is 20.0 Å². The van der Waals surface area contributed by atoms with Gasteiger partial charge in [0.05, 0.1) is 0 Å². The molecule has 0 amide bonds. The van der Waals surface area contributed by atoms with E-state index in [1.165, 1.54) is 16.2 Å². The van der Waals surface area contributed by atoms with Gasteiger partial charge < -0.3 is 0 Å². The molecule has 0 nitrogen and oxygen atoms in total. The van der Waals surface area contributed by atoms with Crippen LogP contribution in [0.2, 0.25) is 9.36 Å². The number of allylic oxidation sites excluding steroid dienone is 4. The van der Waals surface area contributed by atoms with Crippen LogP contribution in [0.5, 0.6) is 0 Å². The molecule has 0 heterocycles. The zero-order chi connectivity index (χ0) is 10.7. The van der Waals surface area contributed by atoms with E-state index in [0.717, 1.165) is 0 Å². The first kappa shape index (κ1) is 11.1. The first-order chi connectivity index (χ1) is 7.18. The average molecular weight is 365 g/mol. The van der Waals surface area contributed by atoms with Crippen molar-refractivity contribution in [1.29, 1.82) is 0 Å². The summed E-state index contributed by atoms with van der Waals surface area (Å²) in [5.74, 6) is 0. The van der Waals surface area contributed by atoms with Crippen LogP contribution in [-0.4, -0.2) is 0 Å². The summed E-state index contributed by atoms with van der Waals surface area (Å²) in [6.07, 6.45) is 8.11. The van der Waals surface area contributed by atoms with Gasteiger partial charge in [0, 0.05) is 0 Å². The van der Waals surface area contributed by atoms with Crippen LogP contribution in [0.3, 0.4) is 0 Å². The number of hydrogen-bond donors (Lipinski definition) is 0. The maximum atomic E-state index is 2.55. The van der Waals surface area contributed by atoms with E-state index in [0.29, 0.717) is 0 Å². The number of hydrogen-bond acceptors (Lipinski definition) is 0. The minimum absolute atomic E-state index is 1.22. The molecule has 0 bridgehead atoms. The van der Waals surface area contributed by atoms with Crippen molar-refractivity contribution in [3.05, 3.63) is 57.5 Å². The van der Waals surface area contributed by atoms with Gasteiger partial charge in [-0.05, 0) is 0 Å². The third-order valence-electron chi connectivity index (χ3n) is 3.13. The van der Waals surface area contributed by atoms with Crippen LogP contribution in [0.15, 0.2) is 51.9 Å². The summed E-state index contributed by atoms with van der Waals surface area (Å²) in [6.45, 7) is 0. The van der Waals surface area contributed by atoms with Crippen molar-refractivity contribution < 1.29 is 20.0 Å². The average Bonchev–Trinajstić information content (AvgIpc) is 2.71. The van der Waals surface area contributed by atoms with Crippen LogP contribution in [-0.2, 0) is 24.1 Å². The van der Waals surface area contributed by atoms with Crippen molar-refractivity contribution in [1.82, 2.24) is 0 Å². The minimum atomic E-state index is -2.11. The van der Waals surface area contributed by atoms with E-state index in [2.05, 4.69) is 57.9 Å². The fraction of sp³-hybridized carbons (Fsp3) is 0.286. The molecule has 1 aliphatic carbocycles.